The zero-order valence-corrected chi connectivity index (χ0v) is 10.7. The van der Waals surface area contributed by atoms with Crippen LogP contribution in [-0.4, -0.2) is 9.38 Å². The Kier molecular flexibility index (Phi) is 2.98. The minimum Gasteiger partial charge on any atom is -0.486 e. The molecule has 2 N–H and O–H groups in total. The van der Waals surface area contributed by atoms with Gasteiger partial charge in [-0.25, -0.2) is 4.98 Å². The topological polar surface area (TPSA) is 76.3 Å². The van der Waals surface area contributed by atoms with Crippen molar-refractivity contribution in [2.24, 2.45) is 0 Å². The van der Waals surface area contributed by atoms with Gasteiger partial charge in [0.15, 0.2) is 11.5 Å². The number of hydrogen-bond donors (Lipinski definition) is 1. The Bertz CT molecular complexity index is 787. The van der Waals surface area contributed by atoms with E-state index in [2.05, 4.69) is 11.1 Å². The molecule has 0 bridgehead atoms. The molecule has 1 aromatic carbocycles. The molecule has 0 radical (unpaired) electrons. The van der Waals surface area contributed by atoms with Gasteiger partial charge in [-0.15, -0.1) is 0 Å². The molecule has 0 aliphatic carbocycles. The molecule has 0 aliphatic rings. The van der Waals surface area contributed by atoms with Gasteiger partial charge >= 0.3 is 0 Å². The number of pyridine rings is 1. The average Bonchev–Trinajstić information content (AvgIpc) is 2.83. The highest BCUT2D eigenvalue weighted by Gasteiger charge is 2.11. The van der Waals surface area contributed by atoms with Crippen molar-refractivity contribution in [3.8, 4) is 11.8 Å². The number of rotatable bonds is 3. The maximum absolute atomic E-state index is 9.11. The summed E-state index contributed by atoms with van der Waals surface area (Å²) in [5.41, 5.74) is 7.49. The highest BCUT2D eigenvalue weighted by Crippen LogP contribution is 2.17. The summed E-state index contributed by atoms with van der Waals surface area (Å²) in [6, 6.07) is 15.1. The number of nitrogen functional groups attached to an aromatic ring is 1. The average molecular weight is 264 g/mol. The molecule has 0 fully saturated rings. The van der Waals surface area contributed by atoms with E-state index < -0.39 is 0 Å². The van der Waals surface area contributed by atoms with E-state index in [1.165, 1.54) is 0 Å². The van der Waals surface area contributed by atoms with Crippen molar-refractivity contribution in [2.45, 2.75) is 6.61 Å². The zero-order valence-electron chi connectivity index (χ0n) is 10.7. The molecule has 3 rings (SSSR count). The number of aromatic nitrogens is 2. The summed E-state index contributed by atoms with van der Waals surface area (Å²) in [6.45, 7) is 0.274. The number of hydrogen-bond acceptors (Lipinski definition) is 4. The van der Waals surface area contributed by atoms with Gasteiger partial charge in [0.25, 0.3) is 0 Å². The smallest absolute Gasteiger partial charge is 0.166 e. The van der Waals surface area contributed by atoms with Crippen LogP contribution in [0.3, 0.4) is 0 Å². The van der Waals surface area contributed by atoms with E-state index in [9.17, 15) is 0 Å². The van der Waals surface area contributed by atoms with Crippen LogP contribution in [0.4, 0.5) is 5.69 Å². The van der Waals surface area contributed by atoms with Crippen molar-refractivity contribution in [3.05, 3.63) is 60.2 Å². The largest absolute Gasteiger partial charge is 0.486 e. The fourth-order valence-electron chi connectivity index (χ4n) is 2.01. The lowest BCUT2D eigenvalue weighted by molar-refractivity contribution is 0.295. The van der Waals surface area contributed by atoms with Gasteiger partial charge in [-0.2, -0.15) is 5.26 Å². The predicted molar refractivity (Wildman–Crippen MR) is 75.1 cm³/mol. The van der Waals surface area contributed by atoms with Gasteiger partial charge in [-0.05, 0) is 24.3 Å². The fourth-order valence-corrected chi connectivity index (χ4v) is 2.01. The van der Waals surface area contributed by atoms with Crippen molar-refractivity contribution in [3.63, 3.8) is 0 Å². The molecule has 98 valence electrons. The quantitative estimate of drug-likeness (QED) is 0.787. The Morgan fingerprint density at radius 2 is 2.00 bits per heavy atom. The second kappa shape index (κ2) is 4.94. The third-order valence-corrected chi connectivity index (χ3v) is 2.95. The van der Waals surface area contributed by atoms with E-state index in [0.717, 1.165) is 11.3 Å². The van der Waals surface area contributed by atoms with Crippen LogP contribution in [0.25, 0.3) is 5.52 Å². The van der Waals surface area contributed by atoms with Crippen LogP contribution in [0.1, 0.15) is 11.5 Å². The Balaban J connectivity index is 1.95. The second-order valence-corrected chi connectivity index (χ2v) is 4.31. The molecule has 0 aliphatic heterocycles. The number of fused-ring (bicyclic) bond motifs is 1. The van der Waals surface area contributed by atoms with Gasteiger partial charge in [-0.1, -0.05) is 18.2 Å². The summed E-state index contributed by atoms with van der Waals surface area (Å²) in [5, 5.41) is 9.11. The molecule has 2 aromatic heterocycles. The fraction of sp³-hybridized carbons (Fsp3) is 0.0667. The number of imidazole rings is 1. The number of nitrogens with zero attached hydrogens (tertiary/aromatic N) is 3. The summed E-state index contributed by atoms with van der Waals surface area (Å²) in [7, 11) is 0. The van der Waals surface area contributed by atoms with Crippen LogP contribution < -0.4 is 10.5 Å². The lowest BCUT2D eigenvalue weighted by atomic mass is 10.3. The number of benzene rings is 1. The Morgan fingerprint density at radius 1 is 1.20 bits per heavy atom. The van der Waals surface area contributed by atoms with Gasteiger partial charge in [0.2, 0.25) is 0 Å². The van der Waals surface area contributed by atoms with Gasteiger partial charge in [0.1, 0.15) is 18.4 Å². The van der Waals surface area contributed by atoms with Crippen molar-refractivity contribution < 1.29 is 4.74 Å². The summed E-state index contributed by atoms with van der Waals surface area (Å²) >= 11 is 0. The molecule has 0 amide bonds. The highest BCUT2D eigenvalue weighted by molar-refractivity contribution is 5.61. The van der Waals surface area contributed by atoms with Crippen LogP contribution in [0.2, 0.25) is 0 Å². The molecule has 0 saturated carbocycles. The molecule has 0 saturated heterocycles. The lowest BCUT2D eigenvalue weighted by Gasteiger charge is -2.05. The van der Waals surface area contributed by atoms with E-state index in [1.807, 2.05) is 30.3 Å². The van der Waals surface area contributed by atoms with Gasteiger partial charge in [-0.3, -0.25) is 4.40 Å². The van der Waals surface area contributed by atoms with Crippen molar-refractivity contribution in [1.82, 2.24) is 9.38 Å². The molecule has 5 nitrogen and oxygen atoms in total. The summed E-state index contributed by atoms with van der Waals surface area (Å²) in [6.07, 6.45) is 1.74. The summed E-state index contributed by atoms with van der Waals surface area (Å²) in [4.78, 5) is 4.29. The number of nitriles is 1. The van der Waals surface area contributed by atoms with Crippen molar-refractivity contribution in [1.29, 1.82) is 5.26 Å². The third-order valence-electron chi connectivity index (χ3n) is 2.95. The number of anilines is 1. The minimum atomic E-state index is 0.274. The molecule has 20 heavy (non-hydrogen) atoms. The molecule has 3 aromatic rings. The van der Waals surface area contributed by atoms with Crippen LogP contribution in [-0.2, 0) is 6.61 Å². The monoisotopic (exact) mass is 264 g/mol. The third kappa shape index (κ3) is 2.15. The number of ether oxygens (including phenoxy) is 1. The number of nitrogens with two attached hydrogens (primary N) is 1. The maximum Gasteiger partial charge on any atom is 0.166 e. The first-order valence-electron chi connectivity index (χ1n) is 6.12. The SMILES string of the molecule is N#Cc1nc(COc2ccccc2)n2cc(N)ccc12. The van der Waals surface area contributed by atoms with Gasteiger partial charge < -0.3 is 10.5 Å². The van der Waals surface area contributed by atoms with E-state index in [4.69, 9.17) is 15.7 Å². The van der Waals surface area contributed by atoms with Gasteiger partial charge in [0, 0.05) is 11.9 Å². The van der Waals surface area contributed by atoms with Crippen LogP contribution in [0, 0.1) is 11.3 Å². The normalized spacial score (nSPS) is 10.3. The van der Waals surface area contributed by atoms with E-state index in [1.54, 1.807) is 22.7 Å². The Labute approximate surface area is 115 Å². The first-order chi connectivity index (χ1) is 9.78. The standard InChI is InChI=1S/C15H12N4O/c16-8-13-14-7-6-11(17)9-19(14)15(18-13)10-20-12-4-2-1-3-5-12/h1-7,9H,10,17H2. The Morgan fingerprint density at radius 3 is 2.75 bits per heavy atom. The molecule has 0 unspecified atom stereocenters. The van der Waals surface area contributed by atoms with Crippen LogP contribution in [0.15, 0.2) is 48.7 Å². The molecule has 2 heterocycles. The molecule has 5 heteroatoms. The van der Waals surface area contributed by atoms with Gasteiger partial charge in [0.05, 0.1) is 5.52 Å². The first-order valence-corrected chi connectivity index (χ1v) is 6.12. The van der Waals surface area contributed by atoms with E-state index >= 15 is 0 Å². The Hall–Kier alpha value is -3.00. The molecular formula is C15H12N4O. The number of para-hydroxylation sites is 1. The predicted octanol–water partition coefficient (Wildman–Crippen LogP) is 2.37. The summed E-state index contributed by atoms with van der Waals surface area (Å²) in [5.74, 6) is 1.40. The van der Waals surface area contributed by atoms with Crippen LogP contribution in [0.5, 0.6) is 5.75 Å². The van der Waals surface area contributed by atoms with Crippen molar-refractivity contribution in [2.75, 3.05) is 5.73 Å². The zero-order chi connectivity index (χ0) is 13.9. The lowest BCUT2D eigenvalue weighted by Crippen LogP contribution is -2.02. The van der Waals surface area contributed by atoms with Crippen molar-refractivity contribution >= 4 is 11.2 Å². The summed E-state index contributed by atoms with van der Waals surface area (Å²) < 4.78 is 7.45. The van der Waals surface area contributed by atoms with E-state index in [-0.39, 0.29) is 6.61 Å². The minimum absolute atomic E-state index is 0.274. The molecule has 0 atom stereocenters. The maximum atomic E-state index is 9.11. The molecule has 0 spiro atoms. The van der Waals surface area contributed by atoms with Crippen LogP contribution >= 0.6 is 0 Å². The second-order valence-electron chi connectivity index (χ2n) is 4.31. The first kappa shape index (κ1) is 12.1. The highest BCUT2D eigenvalue weighted by atomic mass is 16.5. The molecular weight excluding hydrogens is 252 g/mol. The van der Waals surface area contributed by atoms with E-state index in [0.29, 0.717) is 17.2 Å².